The van der Waals surface area contributed by atoms with E-state index in [1.165, 1.54) is 0 Å². The number of carbonyl (C=O) groups excluding carboxylic acids is 1. The van der Waals surface area contributed by atoms with Gasteiger partial charge in [-0.25, -0.2) is 9.36 Å². The summed E-state index contributed by atoms with van der Waals surface area (Å²) >= 11 is 0. The molecule has 5 heteroatoms. The van der Waals surface area contributed by atoms with Gasteiger partial charge in [0.1, 0.15) is 0 Å². The van der Waals surface area contributed by atoms with Gasteiger partial charge in [0.05, 0.1) is 17.5 Å². The van der Waals surface area contributed by atoms with Crippen molar-refractivity contribution < 1.29 is 14.3 Å². The first kappa shape index (κ1) is 15.5. The summed E-state index contributed by atoms with van der Waals surface area (Å²) in [6, 6.07) is 6.78. The van der Waals surface area contributed by atoms with Crippen LogP contribution in [0.25, 0.3) is 11.1 Å². The standard InChI is InChI=1S/C16H21NO4/c1-3-4-5-9-13(18)11(2)15(19)17-12-8-6-7-10-14(12)21-16(17)20/h6-8,10-11,13,18H,3-5,9H2,1-2H3. The zero-order chi connectivity index (χ0) is 15.4. The maximum absolute atomic E-state index is 12.5. The van der Waals surface area contributed by atoms with Crippen LogP contribution in [0.5, 0.6) is 0 Å². The normalized spacial score (nSPS) is 14.2. The van der Waals surface area contributed by atoms with Crippen LogP contribution in [0.2, 0.25) is 0 Å². The lowest BCUT2D eigenvalue weighted by atomic mass is 9.98. The summed E-state index contributed by atoms with van der Waals surface area (Å²) in [6.45, 7) is 3.73. The lowest BCUT2D eigenvalue weighted by Crippen LogP contribution is -2.34. The molecular weight excluding hydrogens is 270 g/mol. The Bertz CT molecular complexity index is 670. The van der Waals surface area contributed by atoms with Crippen molar-refractivity contribution in [3.8, 4) is 0 Å². The summed E-state index contributed by atoms with van der Waals surface area (Å²) in [4.78, 5) is 24.3. The molecule has 21 heavy (non-hydrogen) atoms. The number of fused-ring (bicyclic) bond motifs is 1. The molecule has 2 unspecified atom stereocenters. The van der Waals surface area contributed by atoms with Gasteiger partial charge in [-0.15, -0.1) is 0 Å². The van der Waals surface area contributed by atoms with E-state index < -0.39 is 23.7 Å². The van der Waals surface area contributed by atoms with Crippen LogP contribution in [0.1, 0.15) is 44.3 Å². The highest BCUT2D eigenvalue weighted by Crippen LogP contribution is 2.17. The van der Waals surface area contributed by atoms with Gasteiger partial charge in [-0.1, -0.05) is 45.2 Å². The molecule has 0 fully saturated rings. The number of rotatable bonds is 6. The van der Waals surface area contributed by atoms with Crippen LogP contribution in [0.3, 0.4) is 0 Å². The van der Waals surface area contributed by atoms with Crippen LogP contribution in [0, 0.1) is 5.92 Å². The van der Waals surface area contributed by atoms with Gasteiger partial charge in [-0.2, -0.15) is 0 Å². The van der Waals surface area contributed by atoms with E-state index >= 15 is 0 Å². The number of aromatic nitrogens is 1. The minimum absolute atomic E-state index is 0.378. The highest BCUT2D eigenvalue weighted by molar-refractivity contribution is 5.90. The van der Waals surface area contributed by atoms with Crippen LogP contribution in [-0.4, -0.2) is 21.7 Å². The van der Waals surface area contributed by atoms with Gasteiger partial charge in [0, 0.05) is 0 Å². The van der Waals surface area contributed by atoms with Crippen molar-refractivity contribution in [3.05, 3.63) is 34.8 Å². The van der Waals surface area contributed by atoms with Gasteiger partial charge in [-0.3, -0.25) is 4.79 Å². The van der Waals surface area contributed by atoms with E-state index in [4.69, 9.17) is 4.42 Å². The van der Waals surface area contributed by atoms with Crippen molar-refractivity contribution in [2.75, 3.05) is 0 Å². The molecule has 0 radical (unpaired) electrons. The predicted molar refractivity (Wildman–Crippen MR) is 80.4 cm³/mol. The van der Waals surface area contributed by atoms with Gasteiger partial charge in [0.15, 0.2) is 5.58 Å². The topological polar surface area (TPSA) is 72.4 Å². The van der Waals surface area contributed by atoms with E-state index in [2.05, 4.69) is 6.92 Å². The third-order valence-electron chi connectivity index (χ3n) is 3.78. The molecule has 1 aromatic carbocycles. The molecule has 0 aliphatic heterocycles. The molecule has 5 nitrogen and oxygen atoms in total. The molecule has 2 aromatic rings. The largest absolute Gasteiger partial charge is 0.426 e. The van der Waals surface area contributed by atoms with Crippen molar-refractivity contribution in [2.24, 2.45) is 5.92 Å². The number of unbranched alkanes of at least 4 members (excludes halogenated alkanes) is 2. The lowest BCUT2D eigenvalue weighted by molar-refractivity contribution is 0.0599. The molecule has 1 aromatic heterocycles. The highest BCUT2D eigenvalue weighted by atomic mass is 16.4. The third kappa shape index (κ3) is 3.24. The van der Waals surface area contributed by atoms with Gasteiger partial charge < -0.3 is 9.52 Å². The van der Waals surface area contributed by atoms with E-state index in [0.29, 0.717) is 17.5 Å². The number of oxazole rings is 1. The first-order valence-electron chi connectivity index (χ1n) is 7.39. The molecule has 114 valence electrons. The molecule has 2 atom stereocenters. The van der Waals surface area contributed by atoms with E-state index in [-0.39, 0.29) is 0 Å². The molecule has 0 spiro atoms. The molecule has 0 saturated heterocycles. The molecule has 1 N–H and O–H groups in total. The maximum atomic E-state index is 12.5. The zero-order valence-corrected chi connectivity index (χ0v) is 12.4. The molecule has 2 rings (SSSR count). The summed E-state index contributed by atoms with van der Waals surface area (Å²) in [5, 5.41) is 10.1. The molecule has 1 heterocycles. The first-order valence-corrected chi connectivity index (χ1v) is 7.39. The summed E-state index contributed by atoms with van der Waals surface area (Å²) in [6.07, 6.45) is 2.76. The van der Waals surface area contributed by atoms with Crippen LogP contribution < -0.4 is 5.76 Å². The Morgan fingerprint density at radius 1 is 1.33 bits per heavy atom. The van der Waals surface area contributed by atoms with Gasteiger partial charge in [0.2, 0.25) is 5.91 Å². The van der Waals surface area contributed by atoms with Gasteiger partial charge in [0.25, 0.3) is 0 Å². The highest BCUT2D eigenvalue weighted by Gasteiger charge is 2.26. The fraction of sp³-hybridized carbons (Fsp3) is 0.500. The molecule has 0 saturated carbocycles. The Hall–Kier alpha value is -1.88. The van der Waals surface area contributed by atoms with E-state index in [1.807, 2.05) is 0 Å². The SMILES string of the molecule is CCCCCC(O)C(C)C(=O)n1c(=O)oc2ccccc21. The van der Waals surface area contributed by atoms with Crippen molar-refractivity contribution >= 4 is 17.0 Å². The second kappa shape index (κ2) is 6.72. The molecular formula is C16H21NO4. The van der Waals surface area contributed by atoms with Crippen LogP contribution >= 0.6 is 0 Å². The fourth-order valence-corrected chi connectivity index (χ4v) is 2.40. The lowest BCUT2D eigenvalue weighted by Gasteiger charge is -2.17. The number of aliphatic hydroxyl groups is 1. The number of para-hydroxylation sites is 2. The Labute approximate surface area is 123 Å². The molecule has 0 aliphatic rings. The number of carbonyl (C=O) groups is 1. The van der Waals surface area contributed by atoms with Crippen LogP contribution in [0.15, 0.2) is 33.5 Å². The average molecular weight is 291 g/mol. The molecule has 0 bridgehead atoms. The van der Waals surface area contributed by atoms with Crippen molar-refractivity contribution in [1.29, 1.82) is 0 Å². The average Bonchev–Trinajstić information content (AvgIpc) is 2.81. The predicted octanol–water partition coefficient (Wildman–Crippen LogP) is 2.81. The summed E-state index contributed by atoms with van der Waals surface area (Å²) in [5.41, 5.74) is 0.823. The second-order valence-corrected chi connectivity index (χ2v) is 5.36. The van der Waals surface area contributed by atoms with Crippen molar-refractivity contribution in [3.63, 3.8) is 0 Å². The third-order valence-corrected chi connectivity index (χ3v) is 3.78. The van der Waals surface area contributed by atoms with E-state index in [1.54, 1.807) is 31.2 Å². The number of hydrogen-bond donors (Lipinski definition) is 1. The Balaban J connectivity index is 2.21. The number of nitrogens with zero attached hydrogens (tertiary/aromatic N) is 1. The molecule has 0 amide bonds. The summed E-state index contributed by atoms with van der Waals surface area (Å²) in [7, 11) is 0. The number of aliphatic hydroxyl groups excluding tert-OH is 1. The van der Waals surface area contributed by atoms with E-state index in [0.717, 1.165) is 23.8 Å². The Morgan fingerprint density at radius 2 is 2.05 bits per heavy atom. The zero-order valence-electron chi connectivity index (χ0n) is 12.4. The summed E-state index contributed by atoms with van der Waals surface area (Å²) < 4.78 is 6.07. The smallest absolute Gasteiger partial charge is 0.407 e. The maximum Gasteiger partial charge on any atom is 0.426 e. The van der Waals surface area contributed by atoms with Crippen molar-refractivity contribution in [1.82, 2.24) is 4.57 Å². The molecule has 0 aliphatic carbocycles. The Kier molecular flexibility index (Phi) is 4.96. The second-order valence-electron chi connectivity index (χ2n) is 5.36. The Morgan fingerprint density at radius 3 is 2.76 bits per heavy atom. The number of benzene rings is 1. The van der Waals surface area contributed by atoms with Gasteiger partial charge >= 0.3 is 5.76 Å². The monoisotopic (exact) mass is 291 g/mol. The van der Waals surface area contributed by atoms with E-state index in [9.17, 15) is 14.7 Å². The fourth-order valence-electron chi connectivity index (χ4n) is 2.40. The quantitative estimate of drug-likeness (QED) is 0.831. The van der Waals surface area contributed by atoms with Crippen LogP contribution in [-0.2, 0) is 0 Å². The summed E-state index contributed by atoms with van der Waals surface area (Å²) in [5.74, 6) is -1.76. The minimum Gasteiger partial charge on any atom is -0.407 e. The van der Waals surface area contributed by atoms with Crippen molar-refractivity contribution in [2.45, 2.75) is 45.6 Å². The minimum atomic E-state index is -0.746. The first-order chi connectivity index (χ1) is 10.1. The van der Waals surface area contributed by atoms with Crippen LogP contribution in [0.4, 0.5) is 0 Å². The number of hydrogen-bond acceptors (Lipinski definition) is 4. The van der Waals surface area contributed by atoms with Gasteiger partial charge in [-0.05, 0) is 18.6 Å².